The molecule has 0 fully saturated rings. The summed E-state index contributed by atoms with van der Waals surface area (Å²) in [5.41, 5.74) is 13.4. The van der Waals surface area contributed by atoms with Crippen molar-refractivity contribution in [3.05, 3.63) is 80.2 Å². The molecule has 1 N–H and O–H groups in total. The van der Waals surface area contributed by atoms with Gasteiger partial charge in [0.05, 0.1) is 5.56 Å². The van der Waals surface area contributed by atoms with Gasteiger partial charge in [0, 0.05) is 20.1 Å². The summed E-state index contributed by atoms with van der Waals surface area (Å²) in [6.07, 6.45) is 0. The van der Waals surface area contributed by atoms with Gasteiger partial charge in [0.2, 0.25) is 0 Å². The van der Waals surface area contributed by atoms with Gasteiger partial charge in [-0.25, -0.2) is 4.79 Å². The minimum Gasteiger partial charge on any atom is -0.478 e. The van der Waals surface area contributed by atoms with Crippen LogP contribution < -0.4 is 0 Å². The number of aromatic carboxylic acids is 1. The van der Waals surface area contributed by atoms with E-state index in [2.05, 4.69) is 180 Å². The molecule has 0 aliphatic rings. The van der Waals surface area contributed by atoms with E-state index >= 15 is 0 Å². The Hall–Kier alpha value is -2.88. The molecule has 0 unspecified atom stereocenters. The topological polar surface area (TPSA) is 37.3 Å². The van der Waals surface area contributed by atoms with Crippen molar-refractivity contribution in [2.75, 3.05) is 0 Å². The Kier molecular flexibility index (Phi) is 11.5. The molecular weight excluding hydrogens is 788 g/mol. The Balaban J connectivity index is 2.09. The van der Waals surface area contributed by atoms with Gasteiger partial charge in [-0.1, -0.05) is 117 Å². The van der Waals surface area contributed by atoms with E-state index in [1.807, 2.05) is 6.07 Å². The van der Waals surface area contributed by atoms with Crippen LogP contribution in [0.5, 0.6) is 0 Å². The lowest BCUT2D eigenvalue weighted by atomic mass is 9.88. The fourth-order valence-electron chi connectivity index (χ4n) is 9.35. The number of halogens is 2. The average Bonchev–Trinajstić information content (AvgIpc) is 3.02. The Morgan fingerprint density at radius 1 is 0.529 bits per heavy atom. The second-order valence-electron chi connectivity index (χ2n) is 16.3. The summed E-state index contributed by atoms with van der Waals surface area (Å²) in [5, 5.41) is 18.5. The molecule has 51 heavy (non-hydrogen) atoms. The van der Waals surface area contributed by atoms with E-state index in [0.29, 0.717) is 37.7 Å². The monoisotopic (exact) mass is 838 g/mol. The molecule has 0 radical (unpaired) electrons. The van der Waals surface area contributed by atoms with Crippen molar-refractivity contribution in [1.29, 1.82) is 0 Å². The molecule has 0 atom stereocenters. The third kappa shape index (κ3) is 6.88. The van der Waals surface area contributed by atoms with E-state index in [9.17, 15) is 9.90 Å². The van der Waals surface area contributed by atoms with Gasteiger partial charge in [-0.2, -0.15) is 0 Å². The number of fused-ring (bicyclic) bond motifs is 4. The zero-order valence-electron chi connectivity index (χ0n) is 32.3. The highest BCUT2D eigenvalue weighted by Gasteiger charge is 2.43. The molecule has 5 rings (SSSR count). The number of carbonyl (C=O) groups is 1. The second kappa shape index (κ2) is 14.9. The summed E-state index contributed by atoms with van der Waals surface area (Å²) >= 11 is 7.28. The number of carboxylic acid groups (broad SMARTS) is 1. The molecular formula is C45H52Br2O2Si2. The highest BCUT2D eigenvalue weighted by atomic mass is 79.9. The predicted molar refractivity (Wildman–Crippen MR) is 235 cm³/mol. The van der Waals surface area contributed by atoms with Crippen molar-refractivity contribution < 1.29 is 9.90 Å². The van der Waals surface area contributed by atoms with Crippen molar-refractivity contribution in [3.63, 3.8) is 0 Å². The molecule has 0 heterocycles. The van der Waals surface area contributed by atoms with E-state index in [1.54, 1.807) is 6.07 Å². The van der Waals surface area contributed by atoms with E-state index in [0.717, 1.165) is 58.7 Å². The lowest BCUT2D eigenvalue weighted by molar-refractivity contribution is 0.0696. The fourth-order valence-corrected chi connectivity index (χ4v) is 20.7. The summed E-state index contributed by atoms with van der Waals surface area (Å²) in [6.45, 7) is 28.3. The van der Waals surface area contributed by atoms with E-state index in [-0.39, 0.29) is 5.56 Å². The molecule has 5 aromatic carbocycles. The Morgan fingerprint density at radius 3 is 1.25 bits per heavy atom. The molecule has 5 aromatic rings. The molecule has 0 saturated heterocycles. The molecule has 0 spiro atoms. The van der Waals surface area contributed by atoms with Crippen LogP contribution in [-0.4, -0.2) is 27.2 Å². The molecule has 0 aliphatic heterocycles. The van der Waals surface area contributed by atoms with Gasteiger partial charge in [0.25, 0.3) is 0 Å². The third-order valence-corrected chi connectivity index (χ3v) is 25.6. The number of rotatable bonds is 7. The first-order chi connectivity index (χ1) is 23.9. The fraction of sp³-hybridized carbons (Fsp3) is 0.400. The Labute approximate surface area is 324 Å². The van der Waals surface area contributed by atoms with Gasteiger partial charge < -0.3 is 5.11 Å². The molecule has 6 heteroatoms. The Morgan fingerprint density at radius 2 is 0.882 bits per heavy atom. The Bertz CT molecular complexity index is 2270. The van der Waals surface area contributed by atoms with Gasteiger partial charge in [-0.05, 0) is 141 Å². The van der Waals surface area contributed by atoms with Gasteiger partial charge in [-0.3, -0.25) is 0 Å². The maximum atomic E-state index is 12.3. The molecule has 266 valence electrons. The summed E-state index contributed by atoms with van der Waals surface area (Å²) in [7, 11) is -4.18. The molecule has 0 saturated carbocycles. The van der Waals surface area contributed by atoms with E-state index in [1.165, 1.54) is 0 Å². The number of hydrogen-bond donors (Lipinski definition) is 1. The number of benzene rings is 5. The largest absolute Gasteiger partial charge is 0.478 e. The quantitative estimate of drug-likeness (QED) is 0.101. The number of hydrogen-bond acceptors (Lipinski definition) is 1. The molecule has 0 bridgehead atoms. The highest BCUT2D eigenvalue weighted by molar-refractivity contribution is 9.10. The van der Waals surface area contributed by atoms with Crippen LogP contribution in [0.3, 0.4) is 0 Å². The lowest BCUT2D eigenvalue weighted by Crippen LogP contribution is -2.43. The first-order valence-electron chi connectivity index (χ1n) is 18.4. The second-order valence-corrected chi connectivity index (χ2v) is 29.2. The molecule has 0 aromatic heterocycles. The summed E-state index contributed by atoms with van der Waals surface area (Å²) in [6, 6.07) is 19.2. The van der Waals surface area contributed by atoms with Crippen LogP contribution in [0.15, 0.2) is 63.5 Å². The van der Waals surface area contributed by atoms with Gasteiger partial charge in [0.1, 0.15) is 16.1 Å². The van der Waals surface area contributed by atoms with E-state index in [4.69, 9.17) is 0 Å². The highest BCUT2D eigenvalue weighted by Crippen LogP contribution is 2.44. The molecule has 0 aliphatic carbocycles. The van der Waals surface area contributed by atoms with Crippen LogP contribution in [0.4, 0.5) is 0 Å². The summed E-state index contributed by atoms with van der Waals surface area (Å²) in [4.78, 5) is 12.3. The normalized spacial score (nSPS) is 12.6. The summed E-state index contributed by atoms with van der Waals surface area (Å²) in [5.74, 6) is 6.86. The standard InChI is InChI=1S/C45H52Br2O2Si2/c1-26(2)50(27(3)4,28(5)6)17-15-37-39-20-32-13-14-36(46)19-33(32)21-40(39)38(16-18-51(29(7)8,30(9)10)31(11)12)41-22-34-24-43(45(48)49)44(47)25-35(34)23-42(37)41/h13-14,19-31H,1-12H3,(H,48,49). The van der Waals surface area contributed by atoms with Gasteiger partial charge in [-0.15, -0.1) is 11.1 Å². The van der Waals surface area contributed by atoms with Crippen molar-refractivity contribution in [2.45, 2.75) is 116 Å². The van der Waals surface area contributed by atoms with Crippen molar-refractivity contribution in [3.8, 4) is 22.9 Å². The van der Waals surface area contributed by atoms with Gasteiger partial charge >= 0.3 is 5.97 Å². The smallest absolute Gasteiger partial charge is 0.336 e. The zero-order valence-corrected chi connectivity index (χ0v) is 37.4. The number of carboxylic acids is 1. The van der Waals surface area contributed by atoms with Crippen molar-refractivity contribution in [1.82, 2.24) is 0 Å². The van der Waals surface area contributed by atoms with Crippen LogP contribution >= 0.6 is 31.9 Å². The van der Waals surface area contributed by atoms with Crippen LogP contribution in [0.25, 0.3) is 43.1 Å². The van der Waals surface area contributed by atoms with Crippen molar-refractivity contribution in [2.24, 2.45) is 0 Å². The van der Waals surface area contributed by atoms with Crippen LogP contribution in [0.2, 0.25) is 33.2 Å². The van der Waals surface area contributed by atoms with Crippen LogP contribution in [0.1, 0.15) is 105 Å². The minimum atomic E-state index is -2.10. The van der Waals surface area contributed by atoms with E-state index < -0.39 is 22.1 Å². The average molecular weight is 841 g/mol. The molecule has 2 nitrogen and oxygen atoms in total. The minimum absolute atomic E-state index is 0.249. The maximum absolute atomic E-state index is 12.3. The molecule has 0 amide bonds. The van der Waals surface area contributed by atoms with Gasteiger partial charge in [0.15, 0.2) is 0 Å². The lowest BCUT2D eigenvalue weighted by Gasteiger charge is -2.38. The summed E-state index contributed by atoms with van der Waals surface area (Å²) < 4.78 is 1.60. The van der Waals surface area contributed by atoms with Crippen LogP contribution in [0, 0.1) is 22.9 Å². The third-order valence-electron chi connectivity index (χ3n) is 11.8. The first kappa shape index (κ1) is 39.3. The van der Waals surface area contributed by atoms with Crippen LogP contribution in [-0.2, 0) is 0 Å². The predicted octanol–water partition coefficient (Wildman–Crippen LogP) is 14.7. The SMILES string of the molecule is CC(C)[Si](C#Cc1c2cc3ccc(Br)cc3cc2c(C#C[Si](C(C)C)(C(C)C)C(C)C)c2cc3cc(C(=O)O)c(Br)cc3cc12)(C(C)C)C(C)C. The van der Waals surface area contributed by atoms with Crippen molar-refractivity contribution >= 4 is 97.1 Å². The first-order valence-corrected chi connectivity index (χ1v) is 24.5. The maximum Gasteiger partial charge on any atom is 0.336 e. The zero-order chi connectivity index (χ0) is 37.7.